The zero-order valence-electron chi connectivity index (χ0n) is 10.7. The maximum atomic E-state index is 6.64. The Morgan fingerprint density at radius 1 is 1.39 bits per heavy atom. The van der Waals surface area contributed by atoms with Gasteiger partial charge in [0, 0.05) is 23.2 Å². The molecule has 2 rings (SSSR count). The van der Waals surface area contributed by atoms with E-state index >= 15 is 0 Å². The summed E-state index contributed by atoms with van der Waals surface area (Å²) in [5.41, 5.74) is 2.23. The number of benzene rings is 1. The molecule has 100 valence electrons. The van der Waals surface area contributed by atoms with Crippen LogP contribution in [0.3, 0.4) is 0 Å². The van der Waals surface area contributed by atoms with Crippen molar-refractivity contribution in [3.8, 4) is 5.75 Å². The van der Waals surface area contributed by atoms with Crippen molar-refractivity contribution in [2.75, 3.05) is 20.3 Å². The zero-order chi connectivity index (χ0) is 13.1. The van der Waals surface area contributed by atoms with Crippen LogP contribution in [0, 0.1) is 12.8 Å². The molecule has 0 aromatic heterocycles. The molecule has 1 aromatic carbocycles. The molecule has 2 nitrogen and oxygen atoms in total. The molecule has 0 N–H and O–H groups in total. The number of alkyl halides is 1. The number of hydrogen-bond donors (Lipinski definition) is 0. The van der Waals surface area contributed by atoms with Crippen LogP contribution in [0.25, 0.3) is 0 Å². The average molecular weight is 334 g/mol. The summed E-state index contributed by atoms with van der Waals surface area (Å²) in [7, 11) is 1.69. The van der Waals surface area contributed by atoms with Gasteiger partial charge in [-0.25, -0.2) is 0 Å². The molecule has 1 aliphatic rings. The van der Waals surface area contributed by atoms with Gasteiger partial charge in [0.05, 0.1) is 12.5 Å². The zero-order valence-corrected chi connectivity index (χ0v) is 13.1. The fourth-order valence-corrected chi connectivity index (χ4v) is 3.11. The summed E-state index contributed by atoms with van der Waals surface area (Å²) in [5, 5.41) is -0.0132. The topological polar surface area (TPSA) is 18.5 Å². The second-order valence-electron chi connectivity index (χ2n) is 4.69. The summed E-state index contributed by atoms with van der Waals surface area (Å²) in [6, 6.07) is 4.12. The molecule has 1 unspecified atom stereocenters. The standard InChI is InChI=1S/C14H18BrClO2/c1-9-7-13(17-2)11(8-12(9)15)14(16)10-3-5-18-6-4-10/h7-8,10,14H,3-6H2,1-2H3. The van der Waals surface area contributed by atoms with Crippen LogP contribution in [0.4, 0.5) is 0 Å². The maximum absolute atomic E-state index is 6.64. The van der Waals surface area contributed by atoms with Gasteiger partial charge in [-0.05, 0) is 43.4 Å². The molecule has 0 aliphatic carbocycles. The molecular formula is C14H18BrClO2. The predicted octanol–water partition coefficient (Wildman–Crippen LogP) is 4.47. The highest BCUT2D eigenvalue weighted by molar-refractivity contribution is 9.10. The van der Waals surface area contributed by atoms with E-state index in [4.69, 9.17) is 21.1 Å². The highest BCUT2D eigenvalue weighted by atomic mass is 79.9. The molecule has 0 radical (unpaired) electrons. The lowest BCUT2D eigenvalue weighted by molar-refractivity contribution is 0.0649. The fourth-order valence-electron chi connectivity index (χ4n) is 2.33. The molecular weight excluding hydrogens is 316 g/mol. The minimum Gasteiger partial charge on any atom is -0.496 e. The second-order valence-corrected chi connectivity index (χ2v) is 6.02. The molecule has 0 saturated carbocycles. The first-order chi connectivity index (χ1) is 8.63. The third kappa shape index (κ3) is 3.01. The van der Waals surface area contributed by atoms with E-state index in [1.165, 1.54) is 0 Å². The lowest BCUT2D eigenvalue weighted by atomic mass is 9.91. The lowest BCUT2D eigenvalue weighted by Crippen LogP contribution is -2.19. The van der Waals surface area contributed by atoms with Gasteiger partial charge in [0.25, 0.3) is 0 Å². The van der Waals surface area contributed by atoms with E-state index in [9.17, 15) is 0 Å². The molecule has 0 bridgehead atoms. The van der Waals surface area contributed by atoms with E-state index in [2.05, 4.69) is 22.0 Å². The van der Waals surface area contributed by atoms with Gasteiger partial charge in [-0.1, -0.05) is 15.9 Å². The molecule has 1 heterocycles. The summed E-state index contributed by atoms with van der Waals surface area (Å²) < 4.78 is 11.9. The van der Waals surface area contributed by atoms with Crippen molar-refractivity contribution in [3.05, 3.63) is 27.7 Å². The molecule has 1 aliphatic heterocycles. The molecule has 4 heteroatoms. The molecule has 0 spiro atoms. The van der Waals surface area contributed by atoms with Gasteiger partial charge in [0.15, 0.2) is 0 Å². The van der Waals surface area contributed by atoms with Crippen molar-refractivity contribution in [2.24, 2.45) is 5.92 Å². The summed E-state index contributed by atoms with van der Waals surface area (Å²) in [6.45, 7) is 3.67. The Bertz CT molecular complexity index is 417. The third-order valence-corrected chi connectivity index (χ3v) is 4.93. The summed E-state index contributed by atoms with van der Waals surface area (Å²) in [5.74, 6) is 1.34. The van der Waals surface area contributed by atoms with Crippen LogP contribution in [0.2, 0.25) is 0 Å². The number of halogens is 2. The first kappa shape index (κ1) is 14.2. The molecule has 1 aromatic rings. The lowest BCUT2D eigenvalue weighted by Gasteiger charge is -2.27. The Morgan fingerprint density at radius 3 is 2.67 bits per heavy atom. The van der Waals surface area contributed by atoms with Crippen LogP contribution in [-0.4, -0.2) is 20.3 Å². The van der Waals surface area contributed by atoms with E-state index in [0.29, 0.717) is 5.92 Å². The van der Waals surface area contributed by atoms with Crippen LogP contribution < -0.4 is 4.74 Å². The Balaban J connectivity index is 2.27. The average Bonchev–Trinajstić information content (AvgIpc) is 2.41. The SMILES string of the molecule is COc1cc(C)c(Br)cc1C(Cl)C1CCOCC1. The summed E-state index contributed by atoms with van der Waals surface area (Å²) in [4.78, 5) is 0. The Labute approximate surface area is 122 Å². The van der Waals surface area contributed by atoms with Crippen LogP contribution in [0.5, 0.6) is 5.75 Å². The number of rotatable bonds is 3. The minimum atomic E-state index is -0.0132. The Hall–Kier alpha value is -0.250. The number of aryl methyl sites for hydroxylation is 1. The predicted molar refractivity (Wildman–Crippen MR) is 77.6 cm³/mol. The quantitative estimate of drug-likeness (QED) is 0.760. The summed E-state index contributed by atoms with van der Waals surface area (Å²) >= 11 is 10.2. The first-order valence-corrected chi connectivity index (χ1v) is 7.42. The Kier molecular flexibility index (Phi) is 4.93. The van der Waals surface area contributed by atoms with Crippen LogP contribution in [0.1, 0.15) is 29.3 Å². The summed E-state index contributed by atoms with van der Waals surface area (Å²) in [6.07, 6.45) is 2.03. The fraction of sp³-hybridized carbons (Fsp3) is 0.571. The Morgan fingerprint density at radius 2 is 2.06 bits per heavy atom. The smallest absolute Gasteiger partial charge is 0.123 e. The van der Waals surface area contributed by atoms with Gasteiger partial charge >= 0.3 is 0 Å². The number of ether oxygens (including phenoxy) is 2. The molecule has 0 amide bonds. The van der Waals surface area contributed by atoms with Crippen LogP contribution in [0.15, 0.2) is 16.6 Å². The van der Waals surface area contributed by atoms with Gasteiger partial charge in [0.1, 0.15) is 5.75 Å². The van der Waals surface area contributed by atoms with E-state index in [1.807, 2.05) is 13.0 Å². The van der Waals surface area contributed by atoms with Crippen LogP contribution in [-0.2, 0) is 4.74 Å². The van der Waals surface area contributed by atoms with Gasteiger partial charge in [-0.3, -0.25) is 0 Å². The third-order valence-electron chi connectivity index (χ3n) is 3.49. The van der Waals surface area contributed by atoms with Crippen molar-refractivity contribution in [1.82, 2.24) is 0 Å². The van der Waals surface area contributed by atoms with E-state index in [1.54, 1.807) is 7.11 Å². The minimum absolute atomic E-state index is 0.0132. The van der Waals surface area contributed by atoms with Crippen molar-refractivity contribution in [3.63, 3.8) is 0 Å². The molecule has 1 atom stereocenters. The second kappa shape index (κ2) is 6.27. The van der Waals surface area contributed by atoms with Gasteiger partial charge in [-0.15, -0.1) is 11.6 Å². The van der Waals surface area contributed by atoms with Gasteiger partial charge in [-0.2, -0.15) is 0 Å². The number of hydrogen-bond acceptors (Lipinski definition) is 2. The highest BCUT2D eigenvalue weighted by Gasteiger charge is 2.26. The maximum Gasteiger partial charge on any atom is 0.123 e. The van der Waals surface area contributed by atoms with E-state index in [0.717, 1.165) is 47.4 Å². The number of methoxy groups -OCH3 is 1. The van der Waals surface area contributed by atoms with Crippen molar-refractivity contribution in [2.45, 2.75) is 25.1 Å². The molecule has 1 saturated heterocycles. The molecule has 1 fully saturated rings. The van der Waals surface area contributed by atoms with E-state index < -0.39 is 0 Å². The van der Waals surface area contributed by atoms with Crippen LogP contribution >= 0.6 is 27.5 Å². The van der Waals surface area contributed by atoms with Gasteiger partial charge in [0.2, 0.25) is 0 Å². The largest absolute Gasteiger partial charge is 0.496 e. The monoisotopic (exact) mass is 332 g/mol. The van der Waals surface area contributed by atoms with Crippen molar-refractivity contribution >= 4 is 27.5 Å². The normalized spacial score (nSPS) is 18.7. The molecule has 18 heavy (non-hydrogen) atoms. The first-order valence-electron chi connectivity index (χ1n) is 6.19. The van der Waals surface area contributed by atoms with E-state index in [-0.39, 0.29) is 5.38 Å². The van der Waals surface area contributed by atoms with Crippen molar-refractivity contribution < 1.29 is 9.47 Å². The highest BCUT2D eigenvalue weighted by Crippen LogP contribution is 2.41. The van der Waals surface area contributed by atoms with Crippen molar-refractivity contribution in [1.29, 1.82) is 0 Å². The van der Waals surface area contributed by atoms with Gasteiger partial charge < -0.3 is 9.47 Å².